The monoisotopic (exact) mass is 375 g/mol. The first-order valence-electron chi connectivity index (χ1n) is 7.56. The van der Waals surface area contributed by atoms with Crippen LogP contribution in [0.5, 0.6) is 11.6 Å². The van der Waals surface area contributed by atoms with E-state index in [1.165, 1.54) is 0 Å². The predicted molar refractivity (Wildman–Crippen MR) is 91.6 cm³/mol. The summed E-state index contributed by atoms with van der Waals surface area (Å²) in [4.78, 5) is 18.4. The minimum atomic E-state index is -0.0251. The number of rotatable bonds is 3. The number of pyridine rings is 1. The van der Waals surface area contributed by atoms with Crippen molar-refractivity contribution in [2.75, 3.05) is 13.1 Å². The van der Waals surface area contributed by atoms with Gasteiger partial charge in [-0.3, -0.25) is 4.79 Å². The lowest BCUT2D eigenvalue weighted by Crippen LogP contribution is -2.45. The molecule has 5 nitrogen and oxygen atoms in total. The van der Waals surface area contributed by atoms with Crippen molar-refractivity contribution in [2.24, 2.45) is 5.73 Å². The fourth-order valence-corrected chi connectivity index (χ4v) is 2.83. The molecule has 3 rings (SSSR count). The second-order valence-corrected chi connectivity index (χ2v) is 6.51. The summed E-state index contributed by atoms with van der Waals surface area (Å²) < 4.78 is 6.64. The van der Waals surface area contributed by atoms with Crippen LogP contribution in [0.4, 0.5) is 0 Å². The van der Waals surface area contributed by atoms with Crippen molar-refractivity contribution in [2.45, 2.75) is 18.9 Å². The quantitative estimate of drug-likeness (QED) is 0.893. The third kappa shape index (κ3) is 4.09. The summed E-state index contributed by atoms with van der Waals surface area (Å²) in [6.45, 7) is 1.36. The summed E-state index contributed by atoms with van der Waals surface area (Å²) in [5.41, 5.74) is 6.49. The topological polar surface area (TPSA) is 68.5 Å². The second-order valence-electron chi connectivity index (χ2n) is 5.59. The normalized spacial score (nSPS) is 17.8. The number of hydrogen-bond donors (Lipinski definition) is 1. The molecule has 2 N–H and O–H groups in total. The van der Waals surface area contributed by atoms with Gasteiger partial charge in [-0.2, -0.15) is 0 Å². The summed E-state index contributed by atoms with van der Waals surface area (Å²) in [6.07, 6.45) is 3.48. The van der Waals surface area contributed by atoms with Gasteiger partial charge in [-0.1, -0.05) is 15.9 Å². The number of ether oxygens (including phenoxy) is 1. The highest BCUT2D eigenvalue weighted by Gasteiger charge is 2.22. The van der Waals surface area contributed by atoms with Gasteiger partial charge in [0.05, 0.1) is 5.56 Å². The van der Waals surface area contributed by atoms with E-state index < -0.39 is 0 Å². The molecule has 120 valence electrons. The summed E-state index contributed by atoms with van der Waals surface area (Å²) >= 11 is 3.38. The third-order valence-corrected chi connectivity index (χ3v) is 4.29. The summed E-state index contributed by atoms with van der Waals surface area (Å²) in [5.74, 6) is 1.13. The maximum atomic E-state index is 12.4. The smallest absolute Gasteiger partial charge is 0.255 e. The average molecular weight is 376 g/mol. The number of aromatic nitrogens is 1. The molecule has 0 aliphatic carbocycles. The zero-order chi connectivity index (χ0) is 16.2. The number of carbonyl (C=O) groups is 1. The lowest BCUT2D eigenvalue weighted by molar-refractivity contribution is 0.0708. The van der Waals surface area contributed by atoms with Crippen LogP contribution < -0.4 is 10.5 Å². The molecule has 1 aliphatic rings. The molecule has 2 aromatic rings. The van der Waals surface area contributed by atoms with Crippen LogP contribution in [-0.4, -0.2) is 34.9 Å². The lowest BCUT2D eigenvalue weighted by Gasteiger charge is -2.30. The molecular formula is C17H18BrN3O2. The molecule has 0 spiro atoms. The van der Waals surface area contributed by atoms with Gasteiger partial charge >= 0.3 is 0 Å². The minimum absolute atomic E-state index is 0.0251. The molecule has 1 aliphatic heterocycles. The van der Waals surface area contributed by atoms with Gasteiger partial charge in [-0.05, 0) is 43.2 Å². The number of benzene rings is 1. The van der Waals surface area contributed by atoms with Crippen molar-refractivity contribution in [1.82, 2.24) is 9.88 Å². The van der Waals surface area contributed by atoms with E-state index in [0.29, 0.717) is 23.7 Å². The van der Waals surface area contributed by atoms with Gasteiger partial charge in [0.2, 0.25) is 5.88 Å². The molecule has 1 atom stereocenters. The molecule has 0 radical (unpaired) electrons. The molecule has 0 saturated carbocycles. The van der Waals surface area contributed by atoms with Crippen LogP contribution in [0.25, 0.3) is 0 Å². The van der Waals surface area contributed by atoms with E-state index in [0.717, 1.165) is 23.9 Å². The molecule has 0 unspecified atom stereocenters. The van der Waals surface area contributed by atoms with Crippen LogP contribution in [0.1, 0.15) is 23.2 Å². The van der Waals surface area contributed by atoms with Crippen LogP contribution in [-0.2, 0) is 0 Å². The Kier molecular flexibility index (Phi) is 4.93. The highest BCUT2D eigenvalue weighted by Crippen LogP contribution is 2.22. The first-order valence-corrected chi connectivity index (χ1v) is 8.35. The SMILES string of the molecule is N[C@@H]1CCCN(C(=O)c2ccc(Oc3ccc(Br)cc3)nc2)C1. The van der Waals surface area contributed by atoms with Crippen molar-refractivity contribution in [3.8, 4) is 11.6 Å². The maximum Gasteiger partial charge on any atom is 0.255 e. The van der Waals surface area contributed by atoms with Gasteiger partial charge in [0.1, 0.15) is 5.75 Å². The Morgan fingerprint density at radius 1 is 1.26 bits per heavy atom. The van der Waals surface area contributed by atoms with Crippen molar-refractivity contribution in [1.29, 1.82) is 0 Å². The third-order valence-electron chi connectivity index (χ3n) is 3.76. The van der Waals surface area contributed by atoms with Crippen LogP contribution in [0.3, 0.4) is 0 Å². The summed E-state index contributed by atoms with van der Waals surface area (Å²) in [7, 11) is 0. The Morgan fingerprint density at radius 3 is 2.70 bits per heavy atom. The molecule has 0 bridgehead atoms. The van der Waals surface area contributed by atoms with Crippen LogP contribution in [0, 0.1) is 0 Å². The number of hydrogen-bond acceptors (Lipinski definition) is 4. The van der Waals surface area contributed by atoms with Crippen LogP contribution in [0.2, 0.25) is 0 Å². The standard InChI is InChI=1S/C17H18BrN3O2/c18-13-4-6-15(7-5-13)23-16-8-3-12(10-20-16)17(22)21-9-1-2-14(19)11-21/h3-8,10,14H,1-2,9,11,19H2/t14-/m1/s1. The number of carbonyl (C=O) groups excluding carboxylic acids is 1. The average Bonchev–Trinajstić information content (AvgIpc) is 2.57. The maximum absolute atomic E-state index is 12.4. The number of piperidine rings is 1. The Morgan fingerprint density at radius 2 is 2.04 bits per heavy atom. The predicted octanol–water partition coefficient (Wildman–Crippen LogP) is 3.20. The molecule has 1 amide bonds. The van der Waals surface area contributed by atoms with Crippen molar-refractivity contribution in [3.63, 3.8) is 0 Å². The molecule has 2 heterocycles. The fraction of sp³-hybridized carbons (Fsp3) is 0.294. The second kappa shape index (κ2) is 7.10. The Labute approximate surface area is 143 Å². The lowest BCUT2D eigenvalue weighted by atomic mass is 10.1. The largest absolute Gasteiger partial charge is 0.439 e. The van der Waals surface area contributed by atoms with E-state index in [1.807, 2.05) is 24.3 Å². The first kappa shape index (κ1) is 16.0. The molecular weight excluding hydrogens is 358 g/mol. The summed E-state index contributed by atoms with van der Waals surface area (Å²) in [5, 5.41) is 0. The van der Waals surface area contributed by atoms with Crippen molar-refractivity contribution >= 4 is 21.8 Å². The number of nitrogens with two attached hydrogens (primary N) is 1. The molecule has 6 heteroatoms. The Hall–Kier alpha value is -1.92. The van der Waals surface area contributed by atoms with E-state index >= 15 is 0 Å². The van der Waals surface area contributed by atoms with E-state index in [1.54, 1.807) is 23.2 Å². The number of halogens is 1. The van der Waals surface area contributed by atoms with Gasteiger partial charge in [0, 0.05) is 35.9 Å². The molecule has 1 aromatic heterocycles. The zero-order valence-electron chi connectivity index (χ0n) is 12.6. The fourth-order valence-electron chi connectivity index (χ4n) is 2.57. The highest BCUT2D eigenvalue weighted by atomic mass is 79.9. The van der Waals surface area contributed by atoms with Gasteiger partial charge in [0.15, 0.2) is 0 Å². The first-order chi connectivity index (χ1) is 11.1. The minimum Gasteiger partial charge on any atom is -0.439 e. The van der Waals surface area contributed by atoms with Crippen LogP contribution >= 0.6 is 15.9 Å². The Bertz CT molecular complexity index is 673. The van der Waals surface area contributed by atoms with E-state index in [4.69, 9.17) is 10.5 Å². The van der Waals surface area contributed by atoms with Gasteiger partial charge in [-0.25, -0.2) is 4.98 Å². The Balaban J connectivity index is 1.66. The van der Waals surface area contributed by atoms with Crippen molar-refractivity contribution < 1.29 is 9.53 Å². The molecule has 1 saturated heterocycles. The summed E-state index contributed by atoms with van der Waals surface area (Å²) in [6, 6.07) is 11.0. The van der Waals surface area contributed by atoms with Gasteiger partial charge < -0.3 is 15.4 Å². The number of amides is 1. The van der Waals surface area contributed by atoms with Crippen molar-refractivity contribution in [3.05, 3.63) is 52.6 Å². The van der Waals surface area contributed by atoms with Gasteiger partial charge in [-0.15, -0.1) is 0 Å². The molecule has 23 heavy (non-hydrogen) atoms. The van der Waals surface area contributed by atoms with Crippen LogP contribution in [0.15, 0.2) is 47.1 Å². The van der Waals surface area contributed by atoms with E-state index in [2.05, 4.69) is 20.9 Å². The highest BCUT2D eigenvalue weighted by molar-refractivity contribution is 9.10. The van der Waals surface area contributed by atoms with Gasteiger partial charge in [0.25, 0.3) is 5.91 Å². The molecule has 1 fully saturated rings. The number of nitrogens with zero attached hydrogens (tertiary/aromatic N) is 2. The zero-order valence-corrected chi connectivity index (χ0v) is 14.2. The van der Waals surface area contributed by atoms with E-state index in [-0.39, 0.29) is 11.9 Å². The molecule has 1 aromatic carbocycles. The number of likely N-dealkylation sites (tertiary alicyclic amines) is 1. The van der Waals surface area contributed by atoms with E-state index in [9.17, 15) is 4.79 Å².